The third kappa shape index (κ3) is 6.95. The number of aromatic hydroxyl groups is 1. The number of phenolic OH excluding ortho intramolecular Hbond substituents is 1. The molecule has 44 heavy (non-hydrogen) atoms. The first kappa shape index (κ1) is 32.4. The third-order valence-corrected chi connectivity index (χ3v) is 9.79. The lowest BCUT2D eigenvalue weighted by molar-refractivity contribution is -0.144. The standard InChI is InChI=1S/C35H43ClN2O6/c1-22(16-24-9-10-27(40)18-30(24)36)8-11-31(41)32-25(21-44-2)17-28-33(29(32)20-39)35(43)38(34(28)42)26-12-14-37(15-13-26)19-23-6-4-3-5-7-23/h3-7,9-10,16,18,26,28-29,31,33,39-41H,8,11-15,17,19-21H2,1-2H3/b22-16+/t28-,29+,31-,33-/m1/s1. The number of rotatable bonds is 11. The topological polar surface area (TPSA) is 111 Å². The maximum absolute atomic E-state index is 14.0. The molecule has 2 saturated heterocycles. The van der Waals surface area contributed by atoms with Gasteiger partial charge in [0, 0.05) is 38.7 Å². The minimum Gasteiger partial charge on any atom is -0.508 e. The Bertz CT molecular complexity index is 1400. The molecule has 0 aromatic heterocycles. The number of benzene rings is 2. The van der Waals surface area contributed by atoms with Gasteiger partial charge in [0.15, 0.2) is 0 Å². The van der Waals surface area contributed by atoms with Gasteiger partial charge in [-0.25, -0.2) is 0 Å². The summed E-state index contributed by atoms with van der Waals surface area (Å²) in [5.41, 5.74) is 4.42. The number of carbonyl (C=O) groups is 2. The summed E-state index contributed by atoms with van der Waals surface area (Å²) in [5, 5.41) is 32.2. The Hall–Kier alpha value is -3.01. The van der Waals surface area contributed by atoms with E-state index >= 15 is 0 Å². The van der Waals surface area contributed by atoms with E-state index in [0.717, 1.165) is 49.2 Å². The van der Waals surface area contributed by atoms with Crippen molar-refractivity contribution >= 4 is 29.5 Å². The van der Waals surface area contributed by atoms with Gasteiger partial charge in [0.1, 0.15) is 5.75 Å². The fourth-order valence-electron chi connectivity index (χ4n) is 7.32. The van der Waals surface area contributed by atoms with Crippen molar-refractivity contribution in [1.29, 1.82) is 0 Å². The second-order valence-corrected chi connectivity index (χ2v) is 12.8. The van der Waals surface area contributed by atoms with Gasteiger partial charge in [0.05, 0.1) is 36.2 Å². The number of hydrogen-bond acceptors (Lipinski definition) is 7. The highest BCUT2D eigenvalue weighted by Gasteiger charge is 2.56. The van der Waals surface area contributed by atoms with Crippen LogP contribution in [-0.2, 0) is 20.9 Å². The Morgan fingerprint density at radius 2 is 1.84 bits per heavy atom. The molecule has 0 radical (unpaired) electrons. The number of phenols is 1. The van der Waals surface area contributed by atoms with E-state index in [0.29, 0.717) is 29.9 Å². The second-order valence-electron chi connectivity index (χ2n) is 12.4. The molecule has 1 aliphatic carbocycles. The molecule has 2 amide bonds. The average Bonchev–Trinajstić information content (AvgIpc) is 3.26. The number of halogens is 1. The van der Waals surface area contributed by atoms with Gasteiger partial charge in [0.2, 0.25) is 11.8 Å². The predicted molar refractivity (Wildman–Crippen MR) is 170 cm³/mol. The molecule has 4 atom stereocenters. The van der Waals surface area contributed by atoms with E-state index < -0.39 is 23.9 Å². The number of nitrogens with zero attached hydrogens (tertiary/aromatic N) is 2. The van der Waals surface area contributed by atoms with Crippen LogP contribution in [-0.4, -0.2) is 82.5 Å². The molecule has 8 nitrogen and oxygen atoms in total. The van der Waals surface area contributed by atoms with Crippen LogP contribution in [0.4, 0.5) is 0 Å². The average molecular weight is 623 g/mol. The summed E-state index contributed by atoms with van der Waals surface area (Å²) >= 11 is 6.27. The van der Waals surface area contributed by atoms with Crippen molar-refractivity contribution in [3.8, 4) is 5.75 Å². The van der Waals surface area contributed by atoms with Crippen LogP contribution in [0.5, 0.6) is 5.75 Å². The molecule has 236 valence electrons. The first-order chi connectivity index (χ1) is 21.2. The van der Waals surface area contributed by atoms with E-state index in [9.17, 15) is 24.9 Å². The zero-order chi connectivity index (χ0) is 31.4. The summed E-state index contributed by atoms with van der Waals surface area (Å²) in [7, 11) is 1.57. The van der Waals surface area contributed by atoms with Crippen molar-refractivity contribution in [3.05, 3.63) is 81.4 Å². The first-order valence-corrected chi connectivity index (χ1v) is 15.9. The summed E-state index contributed by atoms with van der Waals surface area (Å²) in [5.74, 6) is -2.18. The van der Waals surface area contributed by atoms with Crippen molar-refractivity contribution in [1.82, 2.24) is 9.80 Å². The Kier molecular flexibility index (Phi) is 10.6. The summed E-state index contributed by atoms with van der Waals surface area (Å²) in [6.45, 7) is 4.28. The van der Waals surface area contributed by atoms with E-state index in [1.807, 2.05) is 31.2 Å². The molecule has 2 fully saturated rings. The number of piperidine rings is 1. The van der Waals surface area contributed by atoms with E-state index in [4.69, 9.17) is 16.3 Å². The quantitative estimate of drug-likeness (QED) is 0.244. The molecule has 2 heterocycles. The molecule has 3 N–H and O–H groups in total. The molecule has 0 saturated carbocycles. The highest BCUT2D eigenvalue weighted by atomic mass is 35.5. The molecule has 0 unspecified atom stereocenters. The van der Waals surface area contributed by atoms with Crippen molar-refractivity contribution in [2.45, 2.75) is 57.7 Å². The Morgan fingerprint density at radius 3 is 2.50 bits per heavy atom. The summed E-state index contributed by atoms with van der Waals surface area (Å²) in [6.07, 6.45) is 3.72. The Labute approximate surface area is 264 Å². The van der Waals surface area contributed by atoms with E-state index in [2.05, 4.69) is 17.0 Å². The van der Waals surface area contributed by atoms with Gasteiger partial charge in [-0.15, -0.1) is 0 Å². The third-order valence-electron chi connectivity index (χ3n) is 9.46. The zero-order valence-electron chi connectivity index (χ0n) is 25.5. The molecule has 3 aliphatic rings. The van der Waals surface area contributed by atoms with E-state index in [1.54, 1.807) is 19.2 Å². The predicted octanol–water partition coefficient (Wildman–Crippen LogP) is 4.81. The number of hydrogen-bond donors (Lipinski definition) is 3. The number of imide groups is 1. The number of aliphatic hydroxyl groups is 2. The number of aliphatic hydroxyl groups excluding tert-OH is 2. The molecule has 2 aromatic rings. The van der Waals surface area contributed by atoms with Crippen molar-refractivity contribution in [3.63, 3.8) is 0 Å². The molecule has 0 bridgehead atoms. The number of methoxy groups -OCH3 is 1. The van der Waals surface area contributed by atoms with Gasteiger partial charge in [-0.05, 0) is 79.5 Å². The smallest absolute Gasteiger partial charge is 0.234 e. The number of carbonyl (C=O) groups excluding carboxylic acids is 2. The van der Waals surface area contributed by atoms with Crippen molar-refractivity contribution in [2.24, 2.45) is 17.8 Å². The van der Waals surface area contributed by atoms with Crippen LogP contribution in [0.1, 0.15) is 50.2 Å². The van der Waals surface area contributed by atoms with Gasteiger partial charge >= 0.3 is 0 Å². The summed E-state index contributed by atoms with van der Waals surface area (Å²) < 4.78 is 5.48. The van der Waals surface area contributed by atoms with Gasteiger partial charge in [0.25, 0.3) is 0 Å². The normalized spacial score (nSPS) is 24.2. The number of ether oxygens (including phenoxy) is 1. The van der Waals surface area contributed by atoms with Crippen LogP contribution < -0.4 is 0 Å². The molecular formula is C35H43ClN2O6. The minimum absolute atomic E-state index is 0.0931. The monoisotopic (exact) mass is 622 g/mol. The minimum atomic E-state index is -0.907. The summed E-state index contributed by atoms with van der Waals surface area (Å²) in [6, 6.07) is 14.9. The number of allylic oxidation sites excluding steroid dienone is 1. The molecule has 5 rings (SSSR count). The van der Waals surface area contributed by atoms with E-state index in [-0.39, 0.29) is 36.8 Å². The SMILES string of the molecule is COCC1=C([C@H](O)CC/C(C)=C/c2ccc(O)cc2Cl)[C@H](CO)[C@@H]2C(=O)N(C3CCN(Cc4ccccc4)CC3)C(=O)[C@@H]2C1. The maximum atomic E-state index is 14.0. The lowest BCUT2D eigenvalue weighted by atomic mass is 9.68. The molecule has 2 aliphatic heterocycles. The van der Waals surface area contributed by atoms with Crippen LogP contribution in [0.3, 0.4) is 0 Å². The zero-order valence-corrected chi connectivity index (χ0v) is 26.2. The van der Waals surface area contributed by atoms with Gasteiger partial charge in [-0.2, -0.15) is 0 Å². The van der Waals surface area contributed by atoms with Crippen LogP contribution in [0.2, 0.25) is 5.02 Å². The highest BCUT2D eigenvalue weighted by Crippen LogP contribution is 2.47. The van der Waals surface area contributed by atoms with Gasteiger partial charge in [-0.1, -0.05) is 53.6 Å². The number of fused-ring (bicyclic) bond motifs is 1. The van der Waals surface area contributed by atoms with Crippen molar-refractivity contribution in [2.75, 3.05) is 33.4 Å². The van der Waals surface area contributed by atoms with Crippen molar-refractivity contribution < 1.29 is 29.6 Å². The second kappa shape index (κ2) is 14.4. The highest BCUT2D eigenvalue weighted by molar-refractivity contribution is 6.32. The largest absolute Gasteiger partial charge is 0.508 e. The molecular weight excluding hydrogens is 580 g/mol. The van der Waals surface area contributed by atoms with Gasteiger partial charge < -0.3 is 20.1 Å². The van der Waals surface area contributed by atoms with Crippen LogP contribution in [0, 0.1) is 17.8 Å². The number of likely N-dealkylation sites (tertiary alicyclic amines) is 2. The van der Waals surface area contributed by atoms with Crippen LogP contribution in [0.25, 0.3) is 6.08 Å². The number of amides is 2. The van der Waals surface area contributed by atoms with E-state index in [1.165, 1.54) is 16.5 Å². The molecule has 0 spiro atoms. The fourth-order valence-corrected chi connectivity index (χ4v) is 7.55. The lowest BCUT2D eigenvalue weighted by Crippen LogP contribution is -2.47. The summed E-state index contributed by atoms with van der Waals surface area (Å²) in [4.78, 5) is 31.6. The Morgan fingerprint density at radius 1 is 1.11 bits per heavy atom. The fraction of sp³-hybridized carbons (Fsp3) is 0.486. The van der Waals surface area contributed by atoms with Crippen LogP contribution in [0.15, 0.2) is 65.3 Å². The van der Waals surface area contributed by atoms with Crippen LogP contribution >= 0.6 is 11.6 Å². The van der Waals surface area contributed by atoms with Gasteiger partial charge in [-0.3, -0.25) is 19.4 Å². The Balaban J connectivity index is 1.28. The molecule has 9 heteroatoms. The molecule has 2 aromatic carbocycles. The lowest BCUT2D eigenvalue weighted by Gasteiger charge is -2.37. The maximum Gasteiger partial charge on any atom is 0.234 e. The first-order valence-electron chi connectivity index (χ1n) is 15.5.